The molecule has 150 valence electrons. The number of anilines is 1. The van der Waals surface area contributed by atoms with Crippen LogP contribution in [0.5, 0.6) is 11.5 Å². The Morgan fingerprint density at radius 2 is 1.86 bits per heavy atom. The van der Waals surface area contributed by atoms with Crippen molar-refractivity contribution in [3.05, 3.63) is 53.6 Å². The SMILES string of the molecule is COc1ccc(OC)c(C(c2ccc(N(C)C)cc2)N2CCCC2C(=O)O)c1. The Balaban J connectivity index is 2.13. The zero-order chi connectivity index (χ0) is 20.3. The highest BCUT2D eigenvalue weighted by Crippen LogP contribution is 2.40. The zero-order valence-corrected chi connectivity index (χ0v) is 16.9. The van der Waals surface area contributed by atoms with E-state index in [-0.39, 0.29) is 6.04 Å². The highest BCUT2D eigenvalue weighted by atomic mass is 16.5. The van der Waals surface area contributed by atoms with Gasteiger partial charge < -0.3 is 19.5 Å². The van der Waals surface area contributed by atoms with E-state index in [1.54, 1.807) is 14.2 Å². The van der Waals surface area contributed by atoms with Crippen LogP contribution < -0.4 is 14.4 Å². The number of ether oxygens (including phenoxy) is 2. The second-order valence-electron chi connectivity index (χ2n) is 7.23. The molecule has 1 aliphatic rings. The molecule has 2 aromatic rings. The van der Waals surface area contributed by atoms with E-state index in [4.69, 9.17) is 9.47 Å². The molecule has 1 saturated heterocycles. The maximum absolute atomic E-state index is 11.9. The van der Waals surface area contributed by atoms with Crippen molar-refractivity contribution in [3.63, 3.8) is 0 Å². The Kier molecular flexibility index (Phi) is 6.09. The zero-order valence-electron chi connectivity index (χ0n) is 16.9. The van der Waals surface area contributed by atoms with Crippen LogP contribution in [0.15, 0.2) is 42.5 Å². The van der Waals surface area contributed by atoms with Crippen LogP contribution >= 0.6 is 0 Å². The maximum atomic E-state index is 11.9. The van der Waals surface area contributed by atoms with Crippen molar-refractivity contribution in [2.75, 3.05) is 39.8 Å². The molecule has 1 aliphatic heterocycles. The van der Waals surface area contributed by atoms with Crippen molar-refractivity contribution in [3.8, 4) is 11.5 Å². The van der Waals surface area contributed by atoms with E-state index in [0.717, 1.165) is 41.3 Å². The van der Waals surface area contributed by atoms with Gasteiger partial charge in [0.2, 0.25) is 0 Å². The van der Waals surface area contributed by atoms with Gasteiger partial charge in [0.1, 0.15) is 17.5 Å². The molecule has 0 aromatic heterocycles. The summed E-state index contributed by atoms with van der Waals surface area (Å²) in [7, 11) is 7.26. The van der Waals surface area contributed by atoms with Crippen LogP contribution in [0.2, 0.25) is 0 Å². The lowest BCUT2D eigenvalue weighted by atomic mass is 9.94. The summed E-state index contributed by atoms with van der Waals surface area (Å²) in [6.45, 7) is 0.720. The highest BCUT2D eigenvalue weighted by Gasteiger charge is 2.38. The molecule has 1 N–H and O–H groups in total. The van der Waals surface area contributed by atoms with Gasteiger partial charge in [-0.2, -0.15) is 0 Å². The van der Waals surface area contributed by atoms with Crippen molar-refractivity contribution < 1.29 is 19.4 Å². The number of likely N-dealkylation sites (tertiary alicyclic amines) is 1. The van der Waals surface area contributed by atoms with E-state index in [1.165, 1.54) is 0 Å². The molecular weight excluding hydrogens is 356 g/mol. The molecule has 1 heterocycles. The van der Waals surface area contributed by atoms with Gasteiger partial charge >= 0.3 is 5.97 Å². The molecular formula is C22H28N2O4. The Labute approximate surface area is 166 Å². The second-order valence-corrected chi connectivity index (χ2v) is 7.23. The molecule has 2 aromatic carbocycles. The van der Waals surface area contributed by atoms with E-state index < -0.39 is 12.0 Å². The minimum atomic E-state index is -0.783. The largest absolute Gasteiger partial charge is 0.497 e. The normalized spacial score (nSPS) is 17.9. The van der Waals surface area contributed by atoms with Crippen molar-refractivity contribution in [1.82, 2.24) is 4.90 Å². The molecule has 2 atom stereocenters. The Morgan fingerprint density at radius 1 is 1.14 bits per heavy atom. The predicted molar refractivity (Wildman–Crippen MR) is 110 cm³/mol. The van der Waals surface area contributed by atoms with Crippen LogP contribution in [0.1, 0.15) is 30.0 Å². The number of rotatable bonds is 7. The summed E-state index contributed by atoms with van der Waals surface area (Å²) >= 11 is 0. The number of carboxylic acid groups (broad SMARTS) is 1. The first kappa shape index (κ1) is 20.0. The standard InChI is InChI=1S/C22H28N2O4/c1-23(2)16-9-7-15(8-10-16)21(24-13-5-6-19(24)22(25)26)18-14-17(27-3)11-12-20(18)28-4/h7-12,14,19,21H,5-6,13H2,1-4H3,(H,25,26). The molecule has 0 bridgehead atoms. The molecule has 6 nitrogen and oxygen atoms in total. The smallest absolute Gasteiger partial charge is 0.320 e. The molecule has 3 rings (SSSR count). The highest BCUT2D eigenvalue weighted by molar-refractivity contribution is 5.74. The first-order chi connectivity index (χ1) is 13.5. The fourth-order valence-electron chi connectivity index (χ4n) is 3.92. The number of nitrogens with zero attached hydrogens (tertiary/aromatic N) is 2. The summed E-state index contributed by atoms with van der Waals surface area (Å²) < 4.78 is 11.1. The summed E-state index contributed by atoms with van der Waals surface area (Å²) in [6.07, 6.45) is 1.50. The topological polar surface area (TPSA) is 62.2 Å². The van der Waals surface area contributed by atoms with Crippen molar-refractivity contribution >= 4 is 11.7 Å². The van der Waals surface area contributed by atoms with Gasteiger partial charge in [0.15, 0.2) is 0 Å². The van der Waals surface area contributed by atoms with E-state index in [9.17, 15) is 9.90 Å². The molecule has 0 amide bonds. The Bertz CT molecular complexity index is 820. The number of hydrogen-bond acceptors (Lipinski definition) is 5. The van der Waals surface area contributed by atoms with Crippen LogP contribution in [-0.2, 0) is 4.79 Å². The monoisotopic (exact) mass is 384 g/mol. The summed E-state index contributed by atoms with van der Waals surface area (Å²) in [5.74, 6) is 0.657. The summed E-state index contributed by atoms with van der Waals surface area (Å²) in [5.41, 5.74) is 3.04. The van der Waals surface area contributed by atoms with E-state index >= 15 is 0 Å². The van der Waals surface area contributed by atoms with Crippen LogP contribution in [0, 0.1) is 0 Å². The van der Waals surface area contributed by atoms with Gasteiger partial charge in [0, 0.05) is 31.9 Å². The number of hydrogen-bond donors (Lipinski definition) is 1. The molecule has 28 heavy (non-hydrogen) atoms. The maximum Gasteiger partial charge on any atom is 0.320 e. The summed E-state index contributed by atoms with van der Waals surface area (Å²) in [5, 5.41) is 9.77. The number of carboxylic acids is 1. The molecule has 6 heteroatoms. The second kappa shape index (κ2) is 8.52. The van der Waals surface area contributed by atoms with Gasteiger partial charge in [-0.15, -0.1) is 0 Å². The molecule has 0 aliphatic carbocycles. The van der Waals surface area contributed by atoms with Gasteiger partial charge in [-0.1, -0.05) is 12.1 Å². The van der Waals surface area contributed by atoms with Gasteiger partial charge in [-0.3, -0.25) is 9.69 Å². The molecule has 0 spiro atoms. The van der Waals surface area contributed by atoms with Gasteiger partial charge in [-0.05, 0) is 48.7 Å². The number of aliphatic carboxylic acids is 1. The summed E-state index contributed by atoms with van der Waals surface area (Å²) in [4.78, 5) is 16.0. The van der Waals surface area contributed by atoms with E-state index in [2.05, 4.69) is 29.2 Å². The lowest BCUT2D eigenvalue weighted by Crippen LogP contribution is -2.39. The first-order valence-electron chi connectivity index (χ1n) is 9.44. The molecule has 0 radical (unpaired) electrons. The molecule has 0 saturated carbocycles. The van der Waals surface area contributed by atoms with E-state index in [0.29, 0.717) is 6.42 Å². The van der Waals surface area contributed by atoms with Crippen LogP contribution in [0.4, 0.5) is 5.69 Å². The lowest BCUT2D eigenvalue weighted by Gasteiger charge is -2.33. The molecule has 1 fully saturated rings. The minimum Gasteiger partial charge on any atom is -0.497 e. The third-order valence-electron chi connectivity index (χ3n) is 5.37. The van der Waals surface area contributed by atoms with Crippen molar-refractivity contribution in [2.24, 2.45) is 0 Å². The number of benzene rings is 2. The minimum absolute atomic E-state index is 0.232. The average Bonchev–Trinajstić information content (AvgIpc) is 3.18. The van der Waals surface area contributed by atoms with Crippen molar-refractivity contribution in [1.29, 1.82) is 0 Å². The predicted octanol–water partition coefficient (Wildman–Crippen LogP) is 3.41. The average molecular weight is 384 g/mol. The first-order valence-corrected chi connectivity index (χ1v) is 9.44. The van der Waals surface area contributed by atoms with Crippen molar-refractivity contribution in [2.45, 2.75) is 24.9 Å². The van der Waals surface area contributed by atoms with Crippen LogP contribution in [0.3, 0.4) is 0 Å². The third-order valence-corrected chi connectivity index (χ3v) is 5.37. The lowest BCUT2D eigenvalue weighted by molar-refractivity contribution is -0.142. The summed E-state index contributed by atoms with van der Waals surface area (Å²) in [6, 6.07) is 13.2. The fraction of sp³-hybridized carbons (Fsp3) is 0.409. The quantitative estimate of drug-likeness (QED) is 0.789. The van der Waals surface area contributed by atoms with Crippen LogP contribution in [-0.4, -0.2) is 56.9 Å². The number of carbonyl (C=O) groups is 1. The van der Waals surface area contributed by atoms with E-state index in [1.807, 2.05) is 37.2 Å². The van der Waals surface area contributed by atoms with Crippen LogP contribution in [0.25, 0.3) is 0 Å². The fourth-order valence-corrected chi connectivity index (χ4v) is 3.92. The third kappa shape index (κ3) is 3.92. The van der Waals surface area contributed by atoms with Gasteiger partial charge in [0.25, 0.3) is 0 Å². The number of methoxy groups -OCH3 is 2. The Hall–Kier alpha value is -2.73. The Morgan fingerprint density at radius 3 is 2.43 bits per heavy atom. The van der Waals surface area contributed by atoms with Gasteiger partial charge in [-0.25, -0.2) is 0 Å². The molecule has 2 unspecified atom stereocenters. The van der Waals surface area contributed by atoms with Gasteiger partial charge in [0.05, 0.1) is 20.3 Å².